The molecule has 0 aliphatic carbocycles. The highest BCUT2D eigenvalue weighted by Crippen LogP contribution is 2.28. The number of hydrogen-bond donors (Lipinski definition) is 1. The van der Waals surface area contributed by atoms with Crippen molar-refractivity contribution in [3.05, 3.63) is 45.7 Å². The first-order valence-corrected chi connectivity index (χ1v) is 7.47. The maximum absolute atomic E-state index is 10.1. The number of aryl methyl sites for hydroxylation is 1. The van der Waals surface area contributed by atoms with Gasteiger partial charge in [0.05, 0.1) is 16.9 Å². The Kier molecular flexibility index (Phi) is 4.72. The summed E-state index contributed by atoms with van der Waals surface area (Å²) in [4.78, 5) is 1.11. The minimum atomic E-state index is -0.626. The summed E-state index contributed by atoms with van der Waals surface area (Å²) in [7, 11) is 1.77. The molecule has 1 unspecified atom stereocenters. The number of aromatic nitrogens is 2. The summed E-state index contributed by atoms with van der Waals surface area (Å²) in [5.41, 5.74) is 0.654. The second kappa shape index (κ2) is 6.10. The maximum Gasteiger partial charge on any atom is 0.106 e. The first-order chi connectivity index (χ1) is 8.58. The number of rotatable bonds is 4. The lowest BCUT2D eigenvalue weighted by Gasteiger charge is -2.11. The molecule has 0 fully saturated rings. The zero-order valence-corrected chi connectivity index (χ0v) is 12.8. The fourth-order valence-corrected chi connectivity index (χ4v) is 2.97. The number of hydrogen-bond acceptors (Lipinski definition) is 3. The normalized spacial score (nSPS) is 12.7. The highest BCUT2D eigenvalue weighted by molar-refractivity contribution is 9.10. The number of aliphatic hydroxyl groups excluding tert-OH is 1. The van der Waals surface area contributed by atoms with E-state index in [4.69, 9.17) is 11.6 Å². The van der Waals surface area contributed by atoms with E-state index in [1.165, 1.54) is 0 Å². The molecule has 2 rings (SSSR count). The third kappa shape index (κ3) is 3.29. The minimum Gasteiger partial charge on any atom is -0.386 e. The van der Waals surface area contributed by atoms with Crippen molar-refractivity contribution in [3.63, 3.8) is 0 Å². The molecule has 0 aliphatic rings. The minimum absolute atomic E-state index is 0.501. The summed E-state index contributed by atoms with van der Waals surface area (Å²) in [6.07, 6.45) is 0.920. The monoisotopic (exact) mass is 346 g/mol. The van der Waals surface area contributed by atoms with Crippen molar-refractivity contribution in [3.8, 4) is 0 Å². The van der Waals surface area contributed by atoms with Gasteiger partial charge in [-0.25, -0.2) is 0 Å². The molecular formula is C12H12BrClN2OS. The Morgan fingerprint density at radius 1 is 1.44 bits per heavy atom. The summed E-state index contributed by atoms with van der Waals surface area (Å²) in [6, 6.07) is 7.97. The summed E-state index contributed by atoms with van der Waals surface area (Å²) in [5.74, 6) is 0.543. The standard InChI is InChI=1S/C12H12BrClN2OS/c1-16-12(10(14)6-15-16)11(17)7-18-9-4-2-8(13)3-5-9/h2-6,11,17H,7H2,1H3. The molecule has 0 amide bonds. The quantitative estimate of drug-likeness (QED) is 0.858. The Labute approximate surface area is 123 Å². The van der Waals surface area contributed by atoms with E-state index in [0.29, 0.717) is 16.5 Å². The van der Waals surface area contributed by atoms with Crippen molar-refractivity contribution >= 4 is 39.3 Å². The van der Waals surface area contributed by atoms with Gasteiger partial charge in [-0.1, -0.05) is 27.5 Å². The van der Waals surface area contributed by atoms with Gasteiger partial charge >= 0.3 is 0 Å². The van der Waals surface area contributed by atoms with Crippen LogP contribution in [0.1, 0.15) is 11.8 Å². The van der Waals surface area contributed by atoms with Gasteiger partial charge in [-0.2, -0.15) is 5.10 Å². The largest absolute Gasteiger partial charge is 0.386 e. The predicted molar refractivity (Wildman–Crippen MR) is 78.0 cm³/mol. The summed E-state index contributed by atoms with van der Waals surface area (Å²) < 4.78 is 2.65. The van der Waals surface area contributed by atoms with E-state index in [1.807, 2.05) is 24.3 Å². The van der Waals surface area contributed by atoms with Crippen LogP contribution in [0.25, 0.3) is 0 Å². The molecule has 96 valence electrons. The molecule has 0 aliphatic heterocycles. The fourth-order valence-electron chi connectivity index (χ4n) is 1.58. The van der Waals surface area contributed by atoms with Crippen LogP contribution in [0.4, 0.5) is 0 Å². The molecule has 0 saturated carbocycles. The van der Waals surface area contributed by atoms with Crippen molar-refractivity contribution in [2.45, 2.75) is 11.0 Å². The Balaban J connectivity index is 2.00. The fraction of sp³-hybridized carbons (Fsp3) is 0.250. The van der Waals surface area contributed by atoms with E-state index in [1.54, 1.807) is 29.7 Å². The van der Waals surface area contributed by atoms with Gasteiger partial charge in [-0.3, -0.25) is 4.68 Å². The van der Waals surface area contributed by atoms with Gasteiger partial charge in [-0.15, -0.1) is 11.8 Å². The van der Waals surface area contributed by atoms with E-state index in [2.05, 4.69) is 21.0 Å². The molecule has 1 aromatic carbocycles. The molecule has 3 nitrogen and oxygen atoms in total. The van der Waals surface area contributed by atoms with Gasteiger partial charge in [0.2, 0.25) is 0 Å². The van der Waals surface area contributed by atoms with Gasteiger partial charge in [0.25, 0.3) is 0 Å². The third-order valence-electron chi connectivity index (χ3n) is 2.47. The van der Waals surface area contributed by atoms with Gasteiger partial charge < -0.3 is 5.11 Å². The van der Waals surface area contributed by atoms with E-state index < -0.39 is 6.10 Å². The lowest BCUT2D eigenvalue weighted by molar-refractivity contribution is 0.194. The Hall–Kier alpha value is -0.490. The lowest BCUT2D eigenvalue weighted by atomic mass is 10.3. The van der Waals surface area contributed by atoms with E-state index in [-0.39, 0.29) is 0 Å². The Bertz CT molecular complexity index is 510. The van der Waals surface area contributed by atoms with Crippen LogP contribution in [-0.4, -0.2) is 20.6 Å². The van der Waals surface area contributed by atoms with Crippen LogP contribution in [0.3, 0.4) is 0 Å². The molecule has 1 aromatic heterocycles. The molecule has 6 heteroatoms. The van der Waals surface area contributed by atoms with Gasteiger partial charge in [0.1, 0.15) is 6.10 Å². The topological polar surface area (TPSA) is 38.0 Å². The van der Waals surface area contributed by atoms with Gasteiger partial charge in [0, 0.05) is 22.2 Å². The van der Waals surface area contributed by atoms with E-state index in [9.17, 15) is 5.11 Å². The van der Waals surface area contributed by atoms with Crippen molar-refractivity contribution in [2.75, 3.05) is 5.75 Å². The van der Waals surface area contributed by atoms with Crippen LogP contribution < -0.4 is 0 Å². The number of thioether (sulfide) groups is 1. The SMILES string of the molecule is Cn1ncc(Cl)c1C(O)CSc1ccc(Br)cc1. The van der Waals surface area contributed by atoms with Crippen molar-refractivity contribution in [1.29, 1.82) is 0 Å². The number of aliphatic hydroxyl groups is 1. The van der Waals surface area contributed by atoms with Crippen LogP contribution in [-0.2, 0) is 7.05 Å². The van der Waals surface area contributed by atoms with Crippen LogP contribution in [0.15, 0.2) is 39.8 Å². The first kappa shape index (κ1) is 13.9. The van der Waals surface area contributed by atoms with Crippen LogP contribution in [0, 0.1) is 0 Å². The second-order valence-electron chi connectivity index (χ2n) is 3.78. The smallest absolute Gasteiger partial charge is 0.106 e. The van der Waals surface area contributed by atoms with E-state index in [0.717, 1.165) is 9.37 Å². The molecule has 0 saturated heterocycles. The zero-order valence-electron chi connectivity index (χ0n) is 9.68. The molecule has 1 heterocycles. The lowest BCUT2D eigenvalue weighted by Crippen LogP contribution is -2.07. The molecule has 2 aromatic rings. The van der Waals surface area contributed by atoms with Gasteiger partial charge in [-0.05, 0) is 24.3 Å². The second-order valence-corrected chi connectivity index (χ2v) is 6.20. The number of nitrogens with zero attached hydrogens (tertiary/aromatic N) is 2. The third-order valence-corrected chi connectivity index (χ3v) is 4.38. The Morgan fingerprint density at radius 2 is 2.11 bits per heavy atom. The van der Waals surface area contributed by atoms with Crippen LogP contribution in [0.2, 0.25) is 5.02 Å². The number of benzene rings is 1. The van der Waals surface area contributed by atoms with Crippen LogP contribution >= 0.6 is 39.3 Å². The first-order valence-electron chi connectivity index (χ1n) is 5.31. The molecule has 0 bridgehead atoms. The summed E-state index contributed by atoms with van der Waals surface area (Å²) in [5, 5.41) is 14.6. The summed E-state index contributed by atoms with van der Waals surface area (Å²) >= 11 is 11.0. The van der Waals surface area contributed by atoms with E-state index >= 15 is 0 Å². The average Bonchev–Trinajstić information content (AvgIpc) is 2.68. The summed E-state index contributed by atoms with van der Waals surface area (Å²) in [6.45, 7) is 0. The van der Waals surface area contributed by atoms with Gasteiger partial charge in [0.15, 0.2) is 0 Å². The molecule has 0 spiro atoms. The number of halogens is 2. The average molecular weight is 348 g/mol. The molecule has 1 N–H and O–H groups in total. The maximum atomic E-state index is 10.1. The molecular weight excluding hydrogens is 336 g/mol. The van der Waals surface area contributed by atoms with Crippen molar-refractivity contribution in [2.24, 2.45) is 7.05 Å². The van der Waals surface area contributed by atoms with Crippen molar-refractivity contribution < 1.29 is 5.11 Å². The molecule has 18 heavy (non-hydrogen) atoms. The zero-order chi connectivity index (χ0) is 13.1. The Morgan fingerprint density at radius 3 is 2.67 bits per heavy atom. The molecule has 0 radical (unpaired) electrons. The highest BCUT2D eigenvalue weighted by atomic mass is 79.9. The molecule has 1 atom stereocenters. The predicted octanol–water partition coefficient (Wildman–Crippen LogP) is 3.66. The van der Waals surface area contributed by atoms with Crippen molar-refractivity contribution in [1.82, 2.24) is 9.78 Å². The van der Waals surface area contributed by atoms with Crippen LogP contribution in [0.5, 0.6) is 0 Å². The highest BCUT2D eigenvalue weighted by Gasteiger charge is 2.16.